The Morgan fingerprint density at radius 1 is 1.09 bits per heavy atom. The molecule has 0 bridgehead atoms. The molecule has 1 heterocycles. The van der Waals surface area contributed by atoms with Gasteiger partial charge in [-0.1, -0.05) is 6.07 Å². The molecule has 2 atom stereocenters. The highest BCUT2D eigenvalue weighted by molar-refractivity contribution is 6.49. The third kappa shape index (κ3) is 2.89. The van der Waals surface area contributed by atoms with Crippen molar-refractivity contribution in [1.29, 1.82) is 0 Å². The molecule has 23 heavy (non-hydrogen) atoms. The number of rotatable bonds is 2. The van der Waals surface area contributed by atoms with E-state index in [1.54, 1.807) is 0 Å². The first-order valence-corrected chi connectivity index (χ1v) is 7.65. The van der Waals surface area contributed by atoms with Gasteiger partial charge >= 0.3 is 13.3 Å². The third-order valence-electron chi connectivity index (χ3n) is 5.18. The summed E-state index contributed by atoms with van der Waals surface area (Å²) in [6.07, 6.45) is -4.01. The van der Waals surface area contributed by atoms with Gasteiger partial charge in [0.1, 0.15) is 5.82 Å². The van der Waals surface area contributed by atoms with Crippen LogP contribution in [0, 0.1) is 5.82 Å². The van der Waals surface area contributed by atoms with Gasteiger partial charge < -0.3 is 9.31 Å². The Morgan fingerprint density at radius 3 is 2.17 bits per heavy atom. The van der Waals surface area contributed by atoms with E-state index < -0.39 is 35.9 Å². The van der Waals surface area contributed by atoms with E-state index in [4.69, 9.17) is 9.31 Å². The highest BCUT2D eigenvalue weighted by atomic mass is 19.4. The van der Waals surface area contributed by atoms with Crippen LogP contribution < -0.4 is 0 Å². The zero-order valence-electron chi connectivity index (χ0n) is 13.5. The van der Waals surface area contributed by atoms with E-state index in [9.17, 15) is 17.6 Å². The van der Waals surface area contributed by atoms with Crippen LogP contribution in [0.5, 0.6) is 0 Å². The van der Waals surface area contributed by atoms with Crippen molar-refractivity contribution in [2.45, 2.75) is 63.2 Å². The number of alkyl halides is 3. The van der Waals surface area contributed by atoms with Gasteiger partial charge in [-0.3, -0.25) is 0 Å². The lowest BCUT2D eigenvalue weighted by Crippen LogP contribution is -2.41. The first-order chi connectivity index (χ1) is 10.4. The molecule has 0 spiro atoms. The molecule has 1 saturated carbocycles. The second-order valence-corrected chi connectivity index (χ2v) is 7.37. The molecule has 1 aliphatic carbocycles. The zero-order chi connectivity index (χ0) is 17.2. The Bertz CT molecular complexity index is 611. The van der Waals surface area contributed by atoms with Crippen molar-refractivity contribution in [2.24, 2.45) is 0 Å². The van der Waals surface area contributed by atoms with E-state index >= 15 is 0 Å². The van der Waals surface area contributed by atoms with Crippen LogP contribution in [0.2, 0.25) is 5.82 Å². The van der Waals surface area contributed by atoms with Gasteiger partial charge in [0.25, 0.3) is 0 Å². The number of benzene rings is 1. The molecule has 0 N–H and O–H groups in total. The summed E-state index contributed by atoms with van der Waals surface area (Å²) in [4.78, 5) is 0. The summed E-state index contributed by atoms with van der Waals surface area (Å²) in [7, 11) is -0.440. The maximum Gasteiger partial charge on any atom is 0.461 e. The molecule has 2 nitrogen and oxygen atoms in total. The summed E-state index contributed by atoms with van der Waals surface area (Å²) in [5, 5.41) is 0. The number of hydrogen-bond acceptors (Lipinski definition) is 2. The van der Waals surface area contributed by atoms with Crippen molar-refractivity contribution in [3.05, 3.63) is 35.1 Å². The molecule has 126 valence electrons. The minimum absolute atomic E-state index is 0.00240. The fourth-order valence-corrected chi connectivity index (χ4v) is 2.95. The fraction of sp³-hybridized carbons (Fsp3) is 0.625. The molecule has 1 aliphatic heterocycles. The third-order valence-corrected chi connectivity index (χ3v) is 5.18. The van der Waals surface area contributed by atoms with Crippen LogP contribution in [-0.4, -0.2) is 18.3 Å². The van der Waals surface area contributed by atoms with Gasteiger partial charge in [0.2, 0.25) is 0 Å². The smallest absolute Gasteiger partial charge is 0.403 e. The van der Waals surface area contributed by atoms with Crippen LogP contribution in [0.25, 0.3) is 0 Å². The van der Waals surface area contributed by atoms with Crippen LogP contribution in [0.1, 0.15) is 51.2 Å². The molecule has 1 aromatic carbocycles. The average Bonchev–Trinajstić information content (AvgIpc) is 3.12. The van der Waals surface area contributed by atoms with Gasteiger partial charge in [-0.2, -0.15) is 13.2 Å². The summed E-state index contributed by atoms with van der Waals surface area (Å²) >= 11 is 0. The van der Waals surface area contributed by atoms with Gasteiger partial charge in [-0.05, 0) is 57.7 Å². The van der Waals surface area contributed by atoms with E-state index in [-0.39, 0.29) is 11.7 Å². The van der Waals surface area contributed by atoms with Gasteiger partial charge in [0.05, 0.1) is 16.8 Å². The second kappa shape index (κ2) is 4.96. The summed E-state index contributed by atoms with van der Waals surface area (Å²) < 4.78 is 63.7. The quantitative estimate of drug-likeness (QED) is 0.573. The van der Waals surface area contributed by atoms with Crippen LogP contribution in [0.3, 0.4) is 0 Å². The van der Waals surface area contributed by atoms with Crippen LogP contribution in [-0.2, 0) is 15.5 Å². The molecule has 0 unspecified atom stereocenters. The summed E-state index contributed by atoms with van der Waals surface area (Å²) in [5.74, 6) is -1.33. The van der Waals surface area contributed by atoms with E-state index in [1.807, 2.05) is 27.7 Å². The minimum atomic E-state index is -4.69. The van der Waals surface area contributed by atoms with E-state index in [0.29, 0.717) is 12.0 Å². The zero-order valence-corrected chi connectivity index (χ0v) is 13.5. The predicted octanol–water partition coefficient (Wildman–Crippen LogP) is 4.79. The van der Waals surface area contributed by atoms with Crippen molar-refractivity contribution in [1.82, 2.24) is 0 Å². The average molecular weight is 330 g/mol. The summed E-state index contributed by atoms with van der Waals surface area (Å²) in [6, 6.07) is 3.21. The predicted molar refractivity (Wildman–Crippen MR) is 78.6 cm³/mol. The lowest BCUT2D eigenvalue weighted by Gasteiger charge is -2.32. The molecule has 2 fully saturated rings. The largest absolute Gasteiger partial charge is 0.461 e. The van der Waals surface area contributed by atoms with Crippen molar-refractivity contribution in [2.75, 3.05) is 0 Å². The highest BCUT2D eigenvalue weighted by Gasteiger charge is 2.60. The Morgan fingerprint density at radius 2 is 1.65 bits per heavy atom. The SMILES string of the molecule is CC1(C)OB([C@@H]2C[C@@H]2c2ccc(F)c(C(F)(F)F)c2)OC1(C)C. The lowest BCUT2D eigenvalue weighted by molar-refractivity contribution is -0.140. The van der Waals surface area contributed by atoms with Gasteiger partial charge in [0.15, 0.2) is 0 Å². The van der Waals surface area contributed by atoms with Crippen molar-refractivity contribution in [3.8, 4) is 0 Å². The Hall–Kier alpha value is -1.08. The van der Waals surface area contributed by atoms with Crippen LogP contribution in [0.4, 0.5) is 17.6 Å². The molecular weight excluding hydrogens is 311 g/mol. The Kier molecular flexibility index (Phi) is 3.62. The van der Waals surface area contributed by atoms with E-state index in [2.05, 4.69) is 0 Å². The fourth-order valence-electron chi connectivity index (χ4n) is 2.95. The normalized spacial score (nSPS) is 29.0. The molecular formula is C16H19BF4O2. The lowest BCUT2D eigenvalue weighted by atomic mass is 9.79. The molecule has 3 rings (SSSR count). The van der Waals surface area contributed by atoms with Gasteiger partial charge in [-0.15, -0.1) is 0 Å². The van der Waals surface area contributed by atoms with E-state index in [0.717, 1.165) is 12.1 Å². The maximum absolute atomic E-state index is 13.4. The van der Waals surface area contributed by atoms with Gasteiger partial charge in [0, 0.05) is 5.82 Å². The summed E-state index contributed by atoms with van der Waals surface area (Å²) in [6.45, 7) is 7.74. The monoisotopic (exact) mass is 330 g/mol. The van der Waals surface area contributed by atoms with E-state index in [1.165, 1.54) is 6.07 Å². The molecule has 1 aromatic rings. The second-order valence-electron chi connectivity index (χ2n) is 7.37. The van der Waals surface area contributed by atoms with Crippen molar-refractivity contribution in [3.63, 3.8) is 0 Å². The molecule has 0 amide bonds. The minimum Gasteiger partial charge on any atom is -0.403 e. The van der Waals surface area contributed by atoms with Crippen molar-refractivity contribution < 1.29 is 26.9 Å². The molecule has 0 aromatic heterocycles. The Labute approximate surface area is 133 Å². The van der Waals surface area contributed by atoms with Crippen molar-refractivity contribution >= 4 is 7.12 Å². The van der Waals surface area contributed by atoms with Crippen LogP contribution >= 0.6 is 0 Å². The molecule has 2 aliphatic rings. The first kappa shape index (κ1) is 16.8. The maximum atomic E-state index is 13.4. The number of hydrogen-bond donors (Lipinski definition) is 0. The topological polar surface area (TPSA) is 18.5 Å². The summed E-state index contributed by atoms with van der Waals surface area (Å²) in [5.41, 5.74) is -1.66. The molecule has 7 heteroatoms. The highest BCUT2D eigenvalue weighted by Crippen LogP contribution is 2.58. The number of halogens is 4. The van der Waals surface area contributed by atoms with Crippen LogP contribution in [0.15, 0.2) is 18.2 Å². The first-order valence-electron chi connectivity index (χ1n) is 7.65. The standard InChI is InChI=1S/C16H19BF4O2/c1-14(2)15(3,4)23-17(22-14)12-8-10(12)9-5-6-13(18)11(7-9)16(19,20)21/h5-7,10,12H,8H2,1-4H3/t10-,12-/m1/s1. The molecule has 1 saturated heterocycles. The Balaban J connectivity index is 1.77. The molecule has 0 radical (unpaired) electrons. The van der Waals surface area contributed by atoms with Gasteiger partial charge in [-0.25, -0.2) is 4.39 Å².